The van der Waals surface area contributed by atoms with Crippen molar-refractivity contribution in [2.75, 3.05) is 13.2 Å². The molecule has 0 spiro atoms. The number of hydrogen-bond donors (Lipinski definition) is 0. The van der Waals surface area contributed by atoms with Crippen molar-refractivity contribution in [1.82, 2.24) is 0 Å². The Morgan fingerprint density at radius 3 is 0.823 bits per heavy atom. The highest BCUT2D eigenvalue weighted by Crippen LogP contribution is 2.17. The lowest BCUT2D eigenvalue weighted by molar-refractivity contribution is -0.166. The summed E-state index contributed by atoms with van der Waals surface area (Å²) < 4.78 is 16.9. The molecule has 0 aliphatic rings. The van der Waals surface area contributed by atoms with Gasteiger partial charge in [0, 0.05) is 19.3 Å². The van der Waals surface area contributed by atoms with Gasteiger partial charge in [-0.3, -0.25) is 14.4 Å². The predicted octanol–water partition coefficient (Wildman–Crippen LogP) is 22.8. The van der Waals surface area contributed by atoms with E-state index in [-0.39, 0.29) is 31.6 Å². The van der Waals surface area contributed by atoms with Gasteiger partial charge < -0.3 is 14.2 Å². The van der Waals surface area contributed by atoms with Crippen LogP contribution in [0.25, 0.3) is 0 Å². The van der Waals surface area contributed by atoms with Crippen LogP contribution in [0.4, 0.5) is 0 Å². The van der Waals surface area contributed by atoms with Crippen LogP contribution in [0.1, 0.15) is 303 Å². The molecule has 0 N–H and O–H groups in total. The second kappa shape index (κ2) is 66.3. The standard InChI is InChI=1S/C73H122O6/c1-4-7-10-13-16-19-22-25-28-31-34-35-36-37-40-42-45-48-51-54-57-60-63-66-72(75)78-69-70(79-73(76)67-64-61-58-55-52-49-46-43-39-33-30-27-24-21-18-15-12-9-6-3)68-77-71(74)65-62-59-56-53-50-47-44-41-38-32-29-26-23-20-17-14-11-8-5-2/h7,9-10,12,16,18-19,21,25,27-28,30,34-35,39,43,49,52,58,61,70H,4-6,8,11,13-15,17,20,22-24,26,29,31-33,36-38,40-42,44-48,50-51,53-57,59-60,62-69H2,1-3H3/b10-7-,12-9-,19-16-,21-18-,28-25-,30-27-,35-34-,43-39-,52-49-,61-58-. The quantitative estimate of drug-likeness (QED) is 0.0261. The molecule has 0 heterocycles. The third-order valence-electron chi connectivity index (χ3n) is 14.0. The molecular weight excluding hydrogens is 973 g/mol. The first-order valence-electron chi connectivity index (χ1n) is 33.0. The first-order chi connectivity index (χ1) is 39.0. The number of rotatable bonds is 59. The van der Waals surface area contributed by atoms with Gasteiger partial charge in [0.1, 0.15) is 13.2 Å². The van der Waals surface area contributed by atoms with Gasteiger partial charge in [0.2, 0.25) is 0 Å². The van der Waals surface area contributed by atoms with Gasteiger partial charge in [-0.15, -0.1) is 0 Å². The van der Waals surface area contributed by atoms with Crippen LogP contribution in [0, 0.1) is 0 Å². The van der Waals surface area contributed by atoms with Crippen LogP contribution in [0.15, 0.2) is 122 Å². The summed E-state index contributed by atoms with van der Waals surface area (Å²) in [6, 6.07) is 0. The molecule has 0 aliphatic carbocycles. The average molecular weight is 1100 g/mol. The van der Waals surface area contributed by atoms with Crippen LogP contribution in [0.3, 0.4) is 0 Å². The summed E-state index contributed by atoms with van der Waals surface area (Å²) in [4.78, 5) is 38.4. The van der Waals surface area contributed by atoms with Gasteiger partial charge >= 0.3 is 17.9 Å². The van der Waals surface area contributed by atoms with Gasteiger partial charge in [-0.05, 0) is 96.3 Å². The smallest absolute Gasteiger partial charge is 0.306 e. The van der Waals surface area contributed by atoms with Crippen molar-refractivity contribution in [2.24, 2.45) is 0 Å². The number of allylic oxidation sites excluding steroid dienone is 20. The molecule has 0 aromatic carbocycles. The Morgan fingerprint density at radius 1 is 0.266 bits per heavy atom. The Labute approximate surface area is 488 Å². The summed E-state index contributed by atoms with van der Waals surface area (Å²) in [5, 5.41) is 0. The van der Waals surface area contributed by atoms with Crippen LogP contribution in [0.5, 0.6) is 0 Å². The number of carbonyl (C=O) groups is 3. The molecule has 450 valence electrons. The summed E-state index contributed by atoms with van der Waals surface area (Å²) >= 11 is 0. The normalized spacial score (nSPS) is 12.9. The molecule has 0 aromatic heterocycles. The fraction of sp³-hybridized carbons (Fsp3) is 0.685. The zero-order chi connectivity index (χ0) is 57.1. The SMILES string of the molecule is CC/C=C\C/C=C\C/C=C\C/C=C\C/C=C\C/C=C\CCC(=O)OC(COC(=O)CCCCCCCCCCCC/C=C\C/C=C\C/C=C\C/C=C\CC)COC(=O)CCCCCCCCCCCCCCCCCCCCC. The van der Waals surface area contributed by atoms with E-state index in [1.165, 1.54) is 154 Å². The third kappa shape index (κ3) is 64.5. The van der Waals surface area contributed by atoms with Crippen molar-refractivity contribution in [3.05, 3.63) is 122 Å². The molecule has 0 aliphatic heterocycles. The minimum Gasteiger partial charge on any atom is -0.462 e. The van der Waals surface area contributed by atoms with Crippen LogP contribution in [0.2, 0.25) is 0 Å². The van der Waals surface area contributed by atoms with Gasteiger partial charge in [0.15, 0.2) is 6.10 Å². The van der Waals surface area contributed by atoms with Gasteiger partial charge in [-0.1, -0.05) is 309 Å². The fourth-order valence-electron chi connectivity index (χ4n) is 9.11. The largest absolute Gasteiger partial charge is 0.462 e. The number of unbranched alkanes of at least 4 members (excludes halogenated alkanes) is 28. The van der Waals surface area contributed by atoms with E-state index in [0.29, 0.717) is 19.3 Å². The first-order valence-corrected chi connectivity index (χ1v) is 33.0. The molecule has 0 rings (SSSR count). The van der Waals surface area contributed by atoms with E-state index in [1.54, 1.807) is 0 Å². The van der Waals surface area contributed by atoms with Crippen molar-refractivity contribution in [1.29, 1.82) is 0 Å². The zero-order valence-corrected chi connectivity index (χ0v) is 51.6. The fourth-order valence-corrected chi connectivity index (χ4v) is 9.11. The van der Waals surface area contributed by atoms with E-state index in [1.807, 2.05) is 6.08 Å². The van der Waals surface area contributed by atoms with E-state index in [9.17, 15) is 14.4 Å². The Hall–Kier alpha value is -4.19. The van der Waals surface area contributed by atoms with Crippen molar-refractivity contribution in [2.45, 2.75) is 309 Å². The molecular formula is C73H122O6. The minimum atomic E-state index is -0.824. The van der Waals surface area contributed by atoms with Gasteiger partial charge in [-0.2, -0.15) is 0 Å². The molecule has 6 nitrogen and oxygen atoms in total. The summed E-state index contributed by atoms with van der Waals surface area (Å²) in [7, 11) is 0. The van der Waals surface area contributed by atoms with Gasteiger partial charge in [0.05, 0.1) is 0 Å². The molecule has 1 unspecified atom stereocenters. The highest BCUT2D eigenvalue weighted by atomic mass is 16.6. The van der Waals surface area contributed by atoms with Crippen LogP contribution in [-0.4, -0.2) is 37.2 Å². The van der Waals surface area contributed by atoms with Gasteiger partial charge in [0.25, 0.3) is 0 Å². The lowest BCUT2D eigenvalue weighted by atomic mass is 10.0. The number of hydrogen-bond acceptors (Lipinski definition) is 6. The Balaban J connectivity index is 4.46. The second-order valence-electron chi connectivity index (χ2n) is 21.6. The molecule has 1 atom stereocenters. The lowest BCUT2D eigenvalue weighted by Crippen LogP contribution is -2.30. The molecule has 0 aromatic rings. The molecule has 0 amide bonds. The zero-order valence-electron chi connectivity index (χ0n) is 51.6. The molecule has 6 heteroatoms. The summed E-state index contributed by atoms with van der Waals surface area (Å²) in [5.74, 6) is -0.989. The maximum atomic E-state index is 12.9. The topological polar surface area (TPSA) is 78.9 Å². The summed E-state index contributed by atoms with van der Waals surface area (Å²) in [6.45, 7) is 6.38. The third-order valence-corrected chi connectivity index (χ3v) is 14.0. The first kappa shape index (κ1) is 74.8. The maximum Gasteiger partial charge on any atom is 0.306 e. The molecule has 0 saturated carbocycles. The predicted molar refractivity (Wildman–Crippen MR) is 343 cm³/mol. The van der Waals surface area contributed by atoms with Crippen molar-refractivity contribution in [3.8, 4) is 0 Å². The molecule has 0 saturated heterocycles. The Morgan fingerprint density at radius 2 is 0.519 bits per heavy atom. The molecule has 79 heavy (non-hydrogen) atoms. The van der Waals surface area contributed by atoms with Crippen LogP contribution >= 0.6 is 0 Å². The number of carbonyl (C=O) groups excluding carboxylic acids is 3. The highest BCUT2D eigenvalue weighted by Gasteiger charge is 2.19. The monoisotopic (exact) mass is 1090 g/mol. The molecule has 0 radical (unpaired) electrons. The van der Waals surface area contributed by atoms with Crippen molar-refractivity contribution in [3.63, 3.8) is 0 Å². The number of ether oxygens (including phenoxy) is 3. The van der Waals surface area contributed by atoms with Crippen molar-refractivity contribution >= 4 is 17.9 Å². The van der Waals surface area contributed by atoms with E-state index in [0.717, 1.165) is 103 Å². The van der Waals surface area contributed by atoms with Crippen LogP contribution in [-0.2, 0) is 28.6 Å². The van der Waals surface area contributed by atoms with Gasteiger partial charge in [-0.25, -0.2) is 0 Å². The summed E-state index contributed by atoms with van der Waals surface area (Å²) in [5.41, 5.74) is 0. The number of esters is 3. The molecule has 0 bridgehead atoms. The van der Waals surface area contributed by atoms with E-state index in [2.05, 4.69) is 136 Å². The lowest BCUT2D eigenvalue weighted by Gasteiger charge is -2.18. The summed E-state index contributed by atoms with van der Waals surface area (Å²) in [6.07, 6.45) is 92.2. The molecule has 0 fully saturated rings. The second-order valence-corrected chi connectivity index (χ2v) is 21.6. The van der Waals surface area contributed by atoms with Crippen molar-refractivity contribution < 1.29 is 28.6 Å². The van der Waals surface area contributed by atoms with Crippen LogP contribution < -0.4 is 0 Å². The maximum absolute atomic E-state index is 12.9. The highest BCUT2D eigenvalue weighted by molar-refractivity contribution is 5.71. The average Bonchev–Trinajstić information content (AvgIpc) is 3.45. The van der Waals surface area contributed by atoms with E-state index < -0.39 is 12.1 Å². The minimum absolute atomic E-state index is 0.109. The Bertz CT molecular complexity index is 1640. The van der Waals surface area contributed by atoms with E-state index >= 15 is 0 Å². The van der Waals surface area contributed by atoms with E-state index in [4.69, 9.17) is 14.2 Å². The Kier molecular flexibility index (Phi) is 62.8.